The molecule has 1 aliphatic rings. The third-order valence-corrected chi connectivity index (χ3v) is 7.41. The summed E-state index contributed by atoms with van der Waals surface area (Å²) in [4.78, 5) is 11.9. The van der Waals surface area contributed by atoms with Crippen LogP contribution in [0.3, 0.4) is 0 Å². The minimum Gasteiger partial charge on any atom is -0.497 e. The average molecular weight is 397 g/mol. The molecule has 2 aromatic rings. The number of carboxylic acids is 1. The first-order valence-corrected chi connectivity index (χ1v) is 9.69. The van der Waals surface area contributed by atoms with Crippen molar-refractivity contribution in [2.75, 3.05) is 13.7 Å². The van der Waals surface area contributed by atoms with Crippen LogP contribution in [0.4, 0.5) is 0 Å². The van der Waals surface area contributed by atoms with Crippen molar-refractivity contribution in [1.82, 2.24) is 0 Å². The van der Waals surface area contributed by atoms with Crippen molar-refractivity contribution >= 4 is 27.4 Å². The number of benzene rings is 2. The summed E-state index contributed by atoms with van der Waals surface area (Å²) in [5.41, 5.74) is -1.27. The summed E-state index contributed by atoms with van der Waals surface area (Å²) < 4.78 is 31.2. The molecule has 8 heteroatoms. The second-order valence-corrected chi connectivity index (χ2v) is 8.68. The molecule has 0 unspecified atom stereocenters. The third-order valence-electron chi connectivity index (χ3n) is 4.87. The van der Waals surface area contributed by atoms with E-state index < -0.39 is 39.0 Å². The third kappa shape index (κ3) is 2.76. The number of rotatable bonds is 6. The molecule has 1 saturated carbocycles. The van der Waals surface area contributed by atoms with Crippen LogP contribution in [0.2, 0.25) is 5.02 Å². The zero-order chi connectivity index (χ0) is 19.1. The van der Waals surface area contributed by atoms with Gasteiger partial charge in [-0.1, -0.05) is 23.7 Å². The Morgan fingerprint density at radius 1 is 1.15 bits per heavy atom. The lowest BCUT2D eigenvalue weighted by atomic mass is 10.00. The van der Waals surface area contributed by atoms with Gasteiger partial charge in [0, 0.05) is 10.9 Å². The predicted octanol–water partition coefficient (Wildman–Crippen LogP) is 2.35. The van der Waals surface area contributed by atoms with Gasteiger partial charge in [0.1, 0.15) is 11.2 Å². The summed E-state index contributed by atoms with van der Waals surface area (Å²) in [5, 5.41) is 18.6. The largest absolute Gasteiger partial charge is 0.497 e. The van der Waals surface area contributed by atoms with E-state index in [9.17, 15) is 23.4 Å². The molecule has 3 rings (SSSR count). The molecule has 1 aliphatic carbocycles. The Balaban J connectivity index is 2.08. The highest BCUT2D eigenvalue weighted by Gasteiger charge is 2.75. The molecule has 0 aliphatic heterocycles. The minimum atomic E-state index is -3.99. The number of aliphatic carboxylic acids is 1. The predicted molar refractivity (Wildman–Crippen MR) is 95.3 cm³/mol. The molecular formula is C18H17ClO6S. The van der Waals surface area contributed by atoms with Gasteiger partial charge in [0.05, 0.1) is 23.9 Å². The van der Waals surface area contributed by atoms with Crippen LogP contribution in [-0.2, 0) is 14.6 Å². The molecule has 6 nitrogen and oxygen atoms in total. The number of aliphatic hydroxyl groups excluding tert-OH is 1. The normalized spacial score (nSPS) is 24.9. The summed E-state index contributed by atoms with van der Waals surface area (Å²) in [6.45, 7) is -0.781. The number of hydrogen-bond acceptors (Lipinski definition) is 5. The lowest BCUT2D eigenvalue weighted by Crippen LogP contribution is -2.27. The van der Waals surface area contributed by atoms with E-state index in [2.05, 4.69) is 0 Å². The fourth-order valence-corrected chi connectivity index (χ4v) is 5.92. The molecule has 0 bridgehead atoms. The van der Waals surface area contributed by atoms with E-state index in [4.69, 9.17) is 16.3 Å². The van der Waals surface area contributed by atoms with Gasteiger partial charge in [-0.15, -0.1) is 0 Å². The standard InChI is InChI=1S/C18H17ClO6S/c1-25-13-6-2-11(3-7-13)15-16(18(15,10-20)17(21)22)26(23,24)14-8-4-12(19)5-9-14/h2-9,15-16,20H,10H2,1H3,(H,21,22)/t15-,16-,18-/m0/s1. The molecule has 138 valence electrons. The van der Waals surface area contributed by atoms with Crippen molar-refractivity contribution in [3.05, 3.63) is 59.1 Å². The molecule has 26 heavy (non-hydrogen) atoms. The topological polar surface area (TPSA) is 101 Å². The van der Waals surface area contributed by atoms with E-state index in [-0.39, 0.29) is 4.90 Å². The van der Waals surface area contributed by atoms with Crippen molar-refractivity contribution in [2.45, 2.75) is 16.1 Å². The van der Waals surface area contributed by atoms with Crippen molar-refractivity contribution < 1.29 is 28.2 Å². The lowest BCUT2D eigenvalue weighted by molar-refractivity contribution is -0.145. The monoisotopic (exact) mass is 396 g/mol. The van der Waals surface area contributed by atoms with Crippen LogP contribution in [-0.4, -0.2) is 43.6 Å². The number of halogens is 1. The molecule has 0 aromatic heterocycles. The van der Waals surface area contributed by atoms with Crippen molar-refractivity contribution in [3.63, 3.8) is 0 Å². The summed E-state index contributed by atoms with van der Waals surface area (Å²) >= 11 is 5.80. The molecule has 0 amide bonds. The van der Waals surface area contributed by atoms with Crippen LogP contribution < -0.4 is 4.74 Å². The number of methoxy groups -OCH3 is 1. The van der Waals surface area contributed by atoms with Gasteiger partial charge >= 0.3 is 5.97 Å². The highest BCUT2D eigenvalue weighted by Crippen LogP contribution is 2.64. The van der Waals surface area contributed by atoms with Gasteiger partial charge < -0.3 is 14.9 Å². The zero-order valence-electron chi connectivity index (χ0n) is 13.8. The van der Waals surface area contributed by atoms with E-state index in [1.807, 2.05) is 0 Å². The molecule has 0 heterocycles. The zero-order valence-corrected chi connectivity index (χ0v) is 15.4. The summed E-state index contributed by atoms with van der Waals surface area (Å²) in [6, 6.07) is 12.0. The lowest BCUT2D eigenvalue weighted by Gasteiger charge is -2.09. The summed E-state index contributed by atoms with van der Waals surface area (Å²) in [5.74, 6) is -1.64. The van der Waals surface area contributed by atoms with Gasteiger partial charge in [-0.3, -0.25) is 4.79 Å². The van der Waals surface area contributed by atoms with Crippen molar-refractivity contribution in [3.8, 4) is 5.75 Å². The molecular weight excluding hydrogens is 380 g/mol. The van der Waals surface area contributed by atoms with E-state index >= 15 is 0 Å². The van der Waals surface area contributed by atoms with Crippen molar-refractivity contribution in [1.29, 1.82) is 0 Å². The Morgan fingerprint density at radius 3 is 2.19 bits per heavy atom. The van der Waals surface area contributed by atoms with Gasteiger partial charge in [0.25, 0.3) is 0 Å². The first-order valence-electron chi connectivity index (χ1n) is 7.76. The van der Waals surface area contributed by atoms with Crippen LogP contribution in [0.15, 0.2) is 53.4 Å². The fourth-order valence-electron chi connectivity index (χ4n) is 3.43. The maximum absolute atomic E-state index is 13.0. The highest BCUT2D eigenvalue weighted by molar-refractivity contribution is 7.92. The molecule has 0 spiro atoms. The first-order chi connectivity index (χ1) is 12.3. The van der Waals surface area contributed by atoms with Gasteiger partial charge in [0.15, 0.2) is 9.84 Å². The van der Waals surface area contributed by atoms with Crippen LogP contribution in [0, 0.1) is 5.41 Å². The SMILES string of the molecule is COc1ccc([C@H]2[C@H](S(=O)(=O)c3ccc(Cl)cc3)[C@@]2(CO)C(=O)O)cc1. The quantitative estimate of drug-likeness (QED) is 0.777. The average Bonchev–Trinajstić information content (AvgIpc) is 3.34. The van der Waals surface area contributed by atoms with Crippen molar-refractivity contribution in [2.24, 2.45) is 5.41 Å². The Kier molecular flexibility index (Phi) is 4.72. The Bertz CT molecular complexity index is 923. The van der Waals surface area contributed by atoms with Gasteiger partial charge in [-0.25, -0.2) is 8.42 Å². The molecule has 2 N–H and O–H groups in total. The molecule has 1 fully saturated rings. The number of ether oxygens (including phenoxy) is 1. The van der Waals surface area contributed by atoms with Gasteiger partial charge in [-0.05, 0) is 42.0 Å². The Hall–Kier alpha value is -2.09. The smallest absolute Gasteiger partial charge is 0.314 e. The Labute approximate surface area is 155 Å². The second kappa shape index (κ2) is 6.57. The maximum Gasteiger partial charge on any atom is 0.314 e. The van der Waals surface area contributed by atoms with Gasteiger partial charge in [0.2, 0.25) is 0 Å². The number of sulfone groups is 1. The summed E-state index contributed by atoms with van der Waals surface area (Å²) in [7, 11) is -2.50. The molecule has 0 saturated heterocycles. The first kappa shape index (κ1) is 18.7. The second-order valence-electron chi connectivity index (χ2n) is 6.17. The fraction of sp³-hybridized carbons (Fsp3) is 0.278. The molecule has 2 aromatic carbocycles. The number of carboxylic acid groups (broad SMARTS) is 1. The number of carbonyl (C=O) groups is 1. The van der Waals surface area contributed by atoms with E-state index in [1.165, 1.54) is 31.4 Å². The number of aliphatic hydroxyl groups is 1. The van der Waals surface area contributed by atoms with Gasteiger partial charge in [-0.2, -0.15) is 0 Å². The Morgan fingerprint density at radius 2 is 1.73 bits per heavy atom. The minimum absolute atomic E-state index is 0.0259. The van der Waals surface area contributed by atoms with Crippen LogP contribution in [0.25, 0.3) is 0 Å². The van der Waals surface area contributed by atoms with E-state index in [1.54, 1.807) is 24.3 Å². The molecule has 3 atom stereocenters. The van der Waals surface area contributed by atoms with Crippen LogP contribution in [0.1, 0.15) is 11.5 Å². The van der Waals surface area contributed by atoms with Crippen LogP contribution >= 0.6 is 11.6 Å². The highest BCUT2D eigenvalue weighted by atomic mass is 35.5. The number of hydrogen-bond donors (Lipinski definition) is 2. The van der Waals surface area contributed by atoms with E-state index in [0.717, 1.165) is 0 Å². The summed E-state index contributed by atoms with van der Waals surface area (Å²) in [6.07, 6.45) is 0. The van der Waals surface area contributed by atoms with Crippen LogP contribution in [0.5, 0.6) is 5.75 Å². The molecule has 0 radical (unpaired) electrons. The van der Waals surface area contributed by atoms with E-state index in [0.29, 0.717) is 16.3 Å². The maximum atomic E-state index is 13.0.